The maximum Gasteiger partial charge on any atom is 0.256 e. The van der Waals surface area contributed by atoms with Crippen molar-refractivity contribution in [2.24, 2.45) is 5.92 Å². The summed E-state index contributed by atoms with van der Waals surface area (Å²) in [7, 11) is 0. The average Bonchev–Trinajstić information content (AvgIpc) is 3.60. The number of morpholine rings is 1. The first kappa shape index (κ1) is 21.2. The number of ether oxygens (including phenoxy) is 1. The zero-order valence-corrected chi connectivity index (χ0v) is 17.2. The molecule has 164 valence electrons. The molecular formula is C22H29F2N3O3. The molecule has 3 aliphatic rings. The van der Waals surface area contributed by atoms with Gasteiger partial charge in [-0.2, -0.15) is 0 Å². The number of likely N-dealkylation sites (tertiary alicyclic amines) is 1. The number of rotatable bonds is 6. The van der Waals surface area contributed by atoms with Gasteiger partial charge < -0.3 is 14.5 Å². The number of halogens is 2. The quantitative estimate of drug-likeness (QED) is 0.706. The lowest BCUT2D eigenvalue weighted by Gasteiger charge is -2.40. The molecule has 8 heteroatoms. The van der Waals surface area contributed by atoms with Crippen LogP contribution < -0.4 is 0 Å². The van der Waals surface area contributed by atoms with Gasteiger partial charge in [-0.25, -0.2) is 8.78 Å². The van der Waals surface area contributed by atoms with E-state index in [1.54, 1.807) is 4.90 Å². The normalized spacial score (nSPS) is 22.7. The Morgan fingerprint density at radius 2 is 1.87 bits per heavy atom. The summed E-state index contributed by atoms with van der Waals surface area (Å²) in [4.78, 5) is 31.7. The molecule has 0 radical (unpaired) electrons. The van der Waals surface area contributed by atoms with Crippen LogP contribution in [0.25, 0.3) is 0 Å². The molecule has 1 saturated carbocycles. The van der Waals surface area contributed by atoms with Crippen LogP contribution in [0.15, 0.2) is 18.2 Å². The van der Waals surface area contributed by atoms with Crippen molar-refractivity contribution in [3.63, 3.8) is 0 Å². The summed E-state index contributed by atoms with van der Waals surface area (Å²) in [6.45, 7) is 5.48. The van der Waals surface area contributed by atoms with Gasteiger partial charge in [0.1, 0.15) is 11.6 Å². The van der Waals surface area contributed by atoms with Crippen LogP contribution in [0.3, 0.4) is 0 Å². The van der Waals surface area contributed by atoms with Crippen LogP contribution in [0, 0.1) is 17.6 Å². The summed E-state index contributed by atoms with van der Waals surface area (Å²) in [6.07, 6.45) is 3.45. The minimum atomic E-state index is -0.847. The Morgan fingerprint density at radius 3 is 2.57 bits per heavy atom. The van der Waals surface area contributed by atoms with Gasteiger partial charge >= 0.3 is 0 Å². The predicted octanol–water partition coefficient (Wildman–Crippen LogP) is 2.14. The minimum absolute atomic E-state index is 0.0691. The lowest BCUT2D eigenvalue weighted by Crippen LogP contribution is -2.54. The van der Waals surface area contributed by atoms with Gasteiger partial charge in [-0.3, -0.25) is 14.5 Å². The number of piperidine rings is 1. The van der Waals surface area contributed by atoms with Crippen LogP contribution in [0.5, 0.6) is 0 Å². The number of benzene rings is 1. The highest BCUT2D eigenvalue weighted by atomic mass is 19.1. The van der Waals surface area contributed by atoms with E-state index >= 15 is 0 Å². The summed E-state index contributed by atoms with van der Waals surface area (Å²) in [5.41, 5.74) is -0.120. The van der Waals surface area contributed by atoms with Gasteiger partial charge in [-0.15, -0.1) is 0 Å². The Balaban J connectivity index is 1.43. The summed E-state index contributed by atoms with van der Waals surface area (Å²) in [5.74, 6) is -1.71. The van der Waals surface area contributed by atoms with Gasteiger partial charge in [-0.1, -0.05) is 0 Å². The molecule has 1 aromatic carbocycles. The fraction of sp³-hybridized carbons (Fsp3) is 0.636. The van der Waals surface area contributed by atoms with Crippen molar-refractivity contribution in [2.45, 2.75) is 31.7 Å². The van der Waals surface area contributed by atoms with E-state index in [0.717, 1.165) is 57.5 Å². The topological polar surface area (TPSA) is 53.1 Å². The van der Waals surface area contributed by atoms with Crippen molar-refractivity contribution in [2.75, 3.05) is 52.5 Å². The molecule has 1 aliphatic carbocycles. The van der Waals surface area contributed by atoms with Crippen molar-refractivity contribution < 1.29 is 23.1 Å². The smallest absolute Gasteiger partial charge is 0.256 e. The Hall–Kier alpha value is -2.06. The van der Waals surface area contributed by atoms with Gasteiger partial charge in [-0.05, 0) is 37.8 Å². The summed E-state index contributed by atoms with van der Waals surface area (Å²) >= 11 is 0. The van der Waals surface area contributed by atoms with Crippen LogP contribution >= 0.6 is 0 Å². The number of carbonyl (C=O) groups is 2. The van der Waals surface area contributed by atoms with Gasteiger partial charge in [0.25, 0.3) is 5.91 Å². The van der Waals surface area contributed by atoms with E-state index in [2.05, 4.69) is 4.90 Å². The molecule has 3 fully saturated rings. The van der Waals surface area contributed by atoms with Crippen molar-refractivity contribution in [3.05, 3.63) is 35.4 Å². The van der Waals surface area contributed by atoms with Crippen LogP contribution in [0.2, 0.25) is 0 Å². The third-order valence-corrected chi connectivity index (χ3v) is 6.26. The van der Waals surface area contributed by atoms with Crippen LogP contribution in [0.1, 0.15) is 36.0 Å². The molecule has 0 aromatic heterocycles. The SMILES string of the molecule is O=C(c1ccc(F)cc1F)N1CCCC(N(CCN2CCOCC2)C(=O)C2CC2)C1. The molecule has 2 amide bonds. The van der Waals surface area contributed by atoms with E-state index < -0.39 is 17.5 Å². The molecule has 2 aliphatic heterocycles. The molecular weight excluding hydrogens is 392 g/mol. The number of carbonyl (C=O) groups excluding carboxylic acids is 2. The number of amides is 2. The standard InChI is InChI=1S/C22H29F2N3O3/c23-17-5-6-19(20(24)14-17)22(29)26-7-1-2-18(15-26)27(21(28)16-3-4-16)9-8-25-10-12-30-13-11-25/h5-6,14,16,18H,1-4,7-13,15H2. The fourth-order valence-electron chi connectivity index (χ4n) is 4.34. The van der Waals surface area contributed by atoms with Gasteiger partial charge in [0, 0.05) is 57.3 Å². The fourth-order valence-corrected chi connectivity index (χ4v) is 4.34. The zero-order chi connectivity index (χ0) is 21.1. The van der Waals surface area contributed by atoms with Crippen LogP contribution in [0.4, 0.5) is 8.78 Å². The minimum Gasteiger partial charge on any atom is -0.379 e. The van der Waals surface area contributed by atoms with Crippen molar-refractivity contribution in [1.29, 1.82) is 0 Å². The Morgan fingerprint density at radius 1 is 1.10 bits per heavy atom. The average molecular weight is 421 g/mol. The van der Waals surface area contributed by atoms with E-state index in [-0.39, 0.29) is 23.4 Å². The number of hydrogen-bond acceptors (Lipinski definition) is 4. The molecule has 30 heavy (non-hydrogen) atoms. The van der Waals surface area contributed by atoms with Gasteiger partial charge in [0.05, 0.1) is 18.8 Å². The van der Waals surface area contributed by atoms with Crippen molar-refractivity contribution in [1.82, 2.24) is 14.7 Å². The van der Waals surface area contributed by atoms with E-state index in [1.807, 2.05) is 4.90 Å². The highest BCUT2D eigenvalue weighted by Crippen LogP contribution is 2.33. The lowest BCUT2D eigenvalue weighted by molar-refractivity contribution is -0.136. The second-order valence-corrected chi connectivity index (χ2v) is 8.43. The van der Waals surface area contributed by atoms with Crippen LogP contribution in [-0.4, -0.2) is 85.0 Å². The number of hydrogen-bond donors (Lipinski definition) is 0. The first-order valence-electron chi connectivity index (χ1n) is 10.9. The molecule has 4 rings (SSSR count). The Labute approximate surface area is 175 Å². The third kappa shape index (κ3) is 4.98. The lowest BCUT2D eigenvalue weighted by atomic mass is 10.0. The van der Waals surface area contributed by atoms with E-state index in [9.17, 15) is 18.4 Å². The maximum absolute atomic E-state index is 14.1. The highest BCUT2D eigenvalue weighted by molar-refractivity contribution is 5.94. The van der Waals surface area contributed by atoms with E-state index in [0.29, 0.717) is 32.8 Å². The Kier molecular flexibility index (Phi) is 6.63. The van der Waals surface area contributed by atoms with Gasteiger partial charge in [0.2, 0.25) is 5.91 Å². The van der Waals surface area contributed by atoms with E-state index in [1.165, 1.54) is 6.07 Å². The second kappa shape index (κ2) is 9.39. The number of nitrogens with zero attached hydrogens (tertiary/aromatic N) is 3. The molecule has 1 atom stereocenters. The van der Waals surface area contributed by atoms with Crippen molar-refractivity contribution >= 4 is 11.8 Å². The molecule has 0 N–H and O–H groups in total. The first-order chi connectivity index (χ1) is 14.5. The van der Waals surface area contributed by atoms with E-state index in [4.69, 9.17) is 4.74 Å². The molecule has 0 bridgehead atoms. The molecule has 0 spiro atoms. The Bertz CT molecular complexity index is 781. The third-order valence-electron chi connectivity index (χ3n) is 6.26. The molecule has 1 unspecified atom stereocenters. The summed E-state index contributed by atoms with van der Waals surface area (Å²) < 4.78 is 32.7. The monoisotopic (exact) mass is 421 g/mol. The largest absolute Gasteiger partial charge is 0.379 e. The first-order valence-corrected chi connectivity index (χ1v) is 10.9. The maximum atomic E-state index is 14.1. The molecule has 1 aromatic rings. The molecule has 2 saturated heterocycles. The summed E-state index contributed by atoms with van der Waals surface area (Å²) in [6, 6.07) is 2.96. The summed E-state index contributed by atoms with van der Waals surface area (Å²) in [5, 5.41) is 0. The zero-order valence-electron chi connectivity index (χ0n) is 17.2. The van der Waals surface area contributed by atoms with Crippen molar-refractivity contribution in [3.8, 4) is 0 Å². The van der Waals surface area contributed by atoms with Gasteiger partial charge in [0.15, 0.2) is 0 Å². The van der Waals surface area contributed by atoms with Crippen LogP contribution in [-0.2, 0) is 9.53 Å². The highest BCUT2D eigenvalue weighted by Gasteiger charge is 2.38. The molecule has 6 nitrogen and oxygen atoms in total. The molecule has 2 heterocycles. The predicted molar refractivity (Wildman–Crippen MR) is 107 cm³/mol. The second-order valence-electron chi connectivity index (χ2n) is 8.43.